The molecular weight excluding hydrogens is 253 g/mol. The molecule has 1 aromatic carbocycles. The predicted molar refractivity (Wildman–Crippen MR) is 68.8 cm³/mol. The molecule has 1 aromatic heterocycles. The summed E-state index contributed by atoms with van der Waals surface area (Å²) in [6, 6.07) is 8.07. The summed E-state index contributed by atoms with van der Waals surface area (Å²) in [7, 11) is 0. The molecule has 5 heteroatoms. The highest BCUT2D eigenvalue weighted by Crippen LogP contribution is 2.32. The number of nitrogens with zero attached hydrogens (tertiary/aromatic N) is 1. The second-order valence-corrected chi connectivity index (χ2v) is 4.35. The number of alkyl halides is 3. The molecule has 19 heavy (non-hydrogen) atoms. The highest BCUT2D eigenvalue weighted by atomic mass is 19.4. The molecule has 0 saturated heterocycles. The van der Waals surface area contributed by atoms with E-state index in [1.165, 1.54) is 0 Å². The molecule has 0 aliphatic rings. The van der Waals surface area contributed by atoms with Crippen molar-refractivity contribution < 1.29 is 13.2 Å². The Labute approximate surface area is 109 Å². The Bertz CT molecular complexity index is 546. The van der Waals surface area contributed by atoms with Crippen molar-refractivity contribution in [2.24, 2.45) is 0 Å². The van der Waals surface area contributed by atoms with Gasteiger partial charge in [0.15, 0.2) is 0 Å². The largest absolute Gasteiger partial charge is 0.390 e. The second-order valence-electron chi connectivity index (χ2n) is 4.35. The van der Waals surface area contributed by atoms with Crippen LogP contribution < -0.4 is 5.32 Å². The average molecular weight is 268 g/mol. The van der Waals surface area contributed by atoms with E-state index in [9.17, 15) is 13.2 Å². The van der Waals surface area contributed by atoms with Gasteiger partial charge in [0.1, 0.15) is 0 Å². The van der Waals surface area contributed by atoms with Gasteiger partial charge in [0.05, 0.1) is 11.9 Å². The summed E-state index contributed by atoms with van der Waals surface area (Å²) in [5.74, 6) is 0. The van der Waals surface area contributed by atoms with Crippen LogP contribution in [0.5, 0.6) is 0 Å². The normalized spacial score (nSPS) is 13.7. The first-order valence-corrected chi connectivity index (χ1v) is 6.15. The second kappa shape index (κ2) is 5.57. The van der Waals surface area contributed by atoms with Gasteiger partial charge < -0.3 is 5.32 Å². The fourth-order valence-corrected chi connectivity index (χ4v) is 2.20. The fourth-order valence-electron chi connectivity index (χ4n) is 2.20. The maximum absolute atomic E-state index is 12.7. The molecule has 1 unspecified atom stereocenters. The summed E-state index contributed by atoms with van der Waals surface area (Å²) < 4.78 is 38.0. The lowest BCUT2D eigenvalue weighted by atomic mass is 9.98. The minimum absolute atomic E-state index is 0.484. The summed E-state index contributed by atoms with van der Waals surface area (Å²) in [6.07, 6.45) is -3.44. The predicted octanol–water partition coefficient (Wildman–Crippen LogP) is 3.84. The minimum atomic E-state index is -4.20. The maximum Gasteiger partial charge on any atom is 0.390 e. The van der Waals surface area contributed by atoms with Gasteiger partial charge in [-0.1, -0.05) is 25.1 Å². The number of rotatable bonds is 4. The van der Waals surface area contributed by atoms with E-state index >= 15 is 0 Å². The summed E-state index contributed by atoms with van der Waals surface area (Å²) in [6.45, 7) is 2.28. The molecule has 2 nitrogen and oxygen atoms in total. The molecule has 0 spiro atoms. The number of halogens is 3. The lowest BCUT2D eigenvalue weighted by Crippen LogP contribution is -2.26. The van der Waals surface area contributed by atoms with E-state index in [0.717, 1.165) is 5.39 Å². The van der Waals surface area contributed by atoms with Gasteiger partial charge in [0.2, 0.25) is 0 Å². The monoisotopic (exact) mass is 268 g/mol. The number of nitrogens with one attached hydrogen (secondary N) is 1. The van der Waals surface area contributed by atoms with Crippen molar-refractivity contribution in [3.05, 3.63) is 42.1 Å². The van der Waals surface area contributed by atoms with Crippen molar-refractivity contribution in [3.63, 3.8) is 0 Å². The van der Waals surface area contributed by atoms with E-state index in [2.05, 4.69) is 10.3 Å². The molecule has 0 bridgehead atoms. The molecule has 1 N–H and O–H groups in total. The zero-order valence-corrected chi connectivity index (χ0v) is 10.5. The van der Waals surface area contributed by atoms with Gasteiger partial charge in [-0.15, -0.1) is 0 Å². The third kappa shape index (κ3) is 3.44. The minimum Gasteiger partial charge on any atom is -0.310 e. The Kier molecular flexibility index (Phi) is 4.04. The molecule has 0 amide bonds. The number of hydrogen-bond donors (Lipinski definition) is 1. The van der Waals surface area contributed by atoms with Crippen molar-refractivity contribution in [3.8, 4) is 0 Å². The lowest BCUT2D eigenvalue weighted by Gasteiger charge is -2.21. The van der Waals surface area contributed by atoms with Crippen molar-refractivity contribution in [2.75, 3.05) is 6.54 Å². The van der Waals surface area contributed by atoms with Gasteiger partial charge in [-0.2, -0.15) is 13.2 Å². The van der Waals surface area contributed by atoms with Crippen LogP contribution in [0.1, 0.15) is 24.9 Å². The summed E-state index contributed by atoms with van der Waals surface area (Å²) in [4.78, 5) is 4.17. The standard InChI is InChI=1S/C14H15F3N2/c1-2-18-13(9-14(15,16)17)11-5-3-7-12-10(11)6-4-8-19-12/h3-8,13,18H,2,9H2,1H3. The van der Waals surface area contributed by atoms with E-state index in [-0.39, 0.29) is 0 Å². The van der Waals surface area contributed by atoms with Crippen molar-refractivity contribution >= 4 is 10.9 Å². The third-order valence-electron chi connectivity index (χ3n) is 2.94. The number of benzene rings is 1. The molecule has 0 radical (unpaired) electrons. The molecular formula is C14H15F3N2. The molecule has 0 fully saturated rings. The van der Waals surface area contributed by atoms with Crippen molar-refractivity contribution in [1.82, 2.24) is 10.3 Å². The van der Waals surface area contributed by atoms with Crippen LogP contribution >= 0.6 is 0 Å². The first-order valence-electron chi connectivity index (χ1n) is 6.15. The average Bonchev–Trinajstić information content (AvgIpc) is 2.36. The van der Waals surface area contributed by atoms with Gasteiger partial charge in [-0.25, -0.2) is 0 Å². The van der Waals surface area contributed by atoms with Crippen LogP contribution in [-0.4, -0.2) is 17.7 Å². The van der Waals surface area contributed by atoms with Crippen LogP contribution in [0.15, 0.2) is 36.5 Å². The van der Waals surface area contributed by atoms with Gasteiger partial charge in [0.25, 0.3) is 0 Å². The van der Waals surface area contributed by atoms with E-state index in [1.807, 2.05) is 0 Å². The van der Waals surface area contributed by atoms with Crippen LogP contribution in [0.3, 0.4) is 0 Å². The van der Waals surface area contributed by atoms with Crippen LogP contribution in [0.4, 0.5) is 13.2 Å². The van der Waals surface area contributed by atoms with Crippen molar-refractivity contribution in [1.29, 1.82) is 0 Å². The number of hydrogen-bond acceptors (Lipinski definition) is 2. The fraction of sp³-hybridized carbons (Fsp3) is 0.357. The molecule has 0 saturated carbocycles. The zero-order valence-electron chi connectivity index (χ0n) is 10.5. The Morgan fingerprint density at radius 1 is 1.21 bits per heavy atom. The van der Waals surface area contributed by atoms with Crippen LogP contribution in [0.2, 0.25) is 0 Å². The Balaban J connectivity index is 2.44. The van der Waals surface area contributed by atoms with Gasteiger partial charge in [-0.05, 0) is 24.2 Å². The summed E-state index contributed by atoms with van der Waals surface area (Å²) >= 11 is 0. The SMILES string of the molecule is CCNC(CC(F)(F)F)c1cccc2ncccc12. The smallest absolute Gasteiger partial charge is 0.310 e. The highest BCUT2D eigenvalue weighted by Gasteiger charge is 2.32. The van der Waals surface area contributed by atoms with Crippen LogP contribution in [0, 0.1) is 0 Å². The van der Waals surface area contributed by atoms with Gasteiger partial charge in [-0.3, -0.25) is 4.98 Å². The van der Waals surface area contributed by atoms with E-state index in [1.54, 1.807) is 43.5 Å². The molecule has 2 rings (SSSR count). The molecule has 1 heterocycles. The van der Waals surface area contributed by atoms with E-state index in [4.69, 9.17) is 0 Å². The molecule has 2 aromatic rings. The first kappa shape index (κ1) is 13.8. The van der Waals surface area contributed by atoms with Crippen molar-refractivity contribution in [2.45, 2.75) is 25.6 Å². The number of fused-ring (bicyclic) bond motifs is 1. The Hall–Kier alpha value is -1.62. The molecule has 0 aliphatic heterocycles. The third-order valence-corrected chi connectivity index (χ3v) is 2.94. The highest BCUT2D eigenvalue weighted by molar-refractivity contribution is 5.82. The lowest BCUT2D eigenvalue weighted by molar-refractivity contribution is -0.140. The molecule has 102 valence electrons. The maximum atomic E-state index is 12.7. The number of pyridine rings is 1. The molecule has 1 atom stereocenters. The first-order chi connectivity index (χ1) is 9.01. The quantitative estimate of drug-likeness (QED) is 0.911. The van der Waals surface area contributed by atoms with E-state index in [0.29, 0.717) is 17.6 Å². The Morgan fingerprint density at radius 3 is 2.68 bits per heavy atom. The topological polar surface area (TPSA) is 24.9 Å². The Morgan fingerprint density at radius 2 is 2.00 bits per heavy atom. The summed E-state index contributed by atoms with van der Waals surface area (Å²) in [5, 5.41) is 3.66. The summed E-state index contributed by atoms with van der Waals surface area (Å²) in [5.41, 5.74) is 1.36. The number of aromatic nitrogens is 1. The van der Waals surface area contributed by atoms with Gasteiger partial charge >= 0.3 is 6.18 Å². The molecule has 0 aliphatic carbocycles. The van der Waals surface area contributed by atoms with Gasteiger partial charge in [0, 0.05) is 17.6 Å². The van der Waals surface area contributed by atoms with E-state index < -0.39 is 18.6 Å². The zero-order chi connectivity index (χ0) is 13.9. The van der Waals surface area contributed by atoms with Crippen LogP contribution in [0.25, 0.3) is 10.9 Å². The van der Waals surface area contributed by atoms with Crippen LogP contribution in [-0.2, 0) is 0 Å².